The van der Waals surface area contributed by atoms with Gasteiger partial charge in [-0.2, -0.15) is 0 Å². The number of carbonyl (C=O) groups excluding carboxylic acids is 1. The van der Waals surface area contributed by atoms with Gasteiger partial charge in [0.15, 0.2) is 5.78 Å². The fourth-order valence-corrected chi connectivity index (χ4v) is 1.16. The largest absolute Gasteiger partial charge is 0.383 e. The Labute approximate surface area is 83.1 Å². The Morgan fingerprint density at radius 1 is 1.71 bits per heavy atom. The standard InChI is InChI=1S/C10H14N2O2/c1-14-7-9(11)5-10(13)8-3-2-4-12-6-8/h2-4,6,9H,5,7,11H2,1H3. The molecule has 0 amide bonds. The third-order valence-corrected chi connectivity index (χ3v) is 1.81. The van der Waals surface area contributed by atoms with E-state index in [9.17, 15) is 4.79 Å². The topological polar surface area (TPSA) is 65.2 Å². The molecule has 1 rings (SSSR count). The van der Waals surface area contributed by atoms with Gasteiger partial charge >= 0.3 is 0 Å². The molecule has 0 bridgehead atoms. The van der Waals surface area contributed by atoms with E-state index in [0.29, 0.717) is 18.6 Å². The van der Waals surface area contributed by atoms with E-state index < -0.39 is 0 Å². The molecule has 76 valence electrons. The summed E-state index contributed by atoms with van der Waals surface area (Å²) < 4.78 is 4.85. The highest BCUT2D eigenvalue weighted by atomic mass is 16.5. The van der Waals surface area contributed by atoms with Crippen LogP contribution in [-0.2, 0) is 4.74 Å². The zero-order valence-electron chi connectivity index (χ0n) is 8.14. The summed E-state index contributed by atoms with van der Waals surface area (Å²) in [5.74, 6) is 0.00245. The molecule has 0 spiro atoms. The molecule has 4 nitrogen and oxygen atoms in total. The van der Waals surface area contributed by atoms with Crippen LogP contribution in [0.3, 0.4) is 0 Å². The van der Waals surface area contributed by atoms with Crippen molar-refractivity contribution >= 4 is 5.78 Å². The van der Waals surface area contributed by atoms with E-state index in [0.717, 1.165) is 0 Å². The number of aromatic nitrogens is 1. The molecular weight excluding hydrogens is 180 g/mol. The predicted molar refractivity (Wildman–Crippen MR) is 53.0 cm³/mol. The van der Waals surface area contributed by atoms with Crippen LogP contribution < -0.4 is 5.73 Å². The summed E-state index contributed by atoms with van der Waals surface area (Å²) >= 11 is 0. The van der Waals surface area contributed by atoms with Crippen LogP contribution in [0, 0.1) is 0 Å². The minimum atomic E-state index is -0.243. The minimum Gasteiger partial charge on any atom is -0.383 e. The van der Waals surface area contributed by atoms with Gasteiger partial charge in [0.1, 0.15) is 0 Å². The minimum absolute atomic E-state index is 0.00245. The number of hydrogen-bond acceptors (Lipinski definition) is 4. The maximum absolute atomic E-state index is 11.6. The van der Waals surface area contributed by atoms with Crippen LogP contribution in [0.1, 0.15) is 16.8 Å². The Morgan fingerprint density at radius 2 is 2.50 bits per heavy atom. The molecule has 1 aromatic rings. The first-order valence-corrected chi connectivity index (χ1v) is 4.41. The van der Waals surface area contributed by atoms with Gasteiger partial charge in [0.25, 0.3) is 0 Å². The number of ketones is 1. The van der Waals surface area contributed by atoms with Gasteiger partial charge in [0.05, 0.1) is 6.61 Å². The van der Waals surface area contributed by atoms with Gasteiger partial charge in [-0.25, -0.2) is 0 Å². The van der Waals surface area contributed by atoms with Crippen molar-refractivity contribution in [3.05, 3.63) is 30.1 Å². The molecule has 0 aliphatic heterocycles. The van der Waals surface area contributed by atoms with Crippen molar-refractivity contribution in [3.8, 4) is 0 Å². The average Bonchev–Trinajstić information content (AvgIpc) is 2.19. The Kier molecular flexibility index (Phi) is 4.22. The van der Waals surface area contributed by atoms with Crippen LogP contribution in [0.25, 0.3) is 0 Å². The van der Waals surface area contributed by atoms with Crippen LogP contribution in [0.5, 0.6) is 0 Å². The number of rotatable bonds is 5. The second-order valence-electron chi connectivity index (χ2n) is 3.08. The number of nitrogens with two attached hydrogens (primary N) is 1. The molecule has 0 saturated heterocycles. The second kappa shape index (κ2) is 5.47. The fraction of sp³-hybridized carbons (Fsp3) is 0.400. The molecule has 0 aromatic carbocycles. The van der Waals surface area contributed by atoms with E-state index in [1.807, 2.05) is 0 Å². The lowest BCUT2D eigenvalue weighted by atomic mass is 10.1. The first-order chi connectivity index (χ1) is 6.74. The molecule has 2 N–H and O–H groups in total. The summed E-state index contributed by atoms with van der Waals surface area (Å²) in [5, 5.41) is 0. The van der Waals surface area contributed by atoms with Crippen LogP contribution in [0.15, 0.2) is 24.5 Å². The Hall–Kier alpha value is -1.26. The first-order valence-electron chi connectivity index (χ1n) is 4.41. The highest BCUT2D eigenvalue weighted by Gasteiger charge is 2.10. The molecule has 0 fully saturated rings. The van der Waals surface area contributed by atoms with Crippen molar-refractivity contribution in [2.24, 2.45) is 5.73 Å². The highest BCUT2D eigenvalue weighted by Crippen LogP contribution is 2.02. The Bertz CT molecular complexity index is 287. The van der Waals surface area contributed by atoms with E-state index in [1.165, 1.54) is 0 Å². The first kappa shape index (κ1) is 10.8. The quantitative estimate of drug-likeness (QED) is 0.698. The maximum atomic E-state index is 11.6. The van der Waals surface area contributed by atoms with Crippen molar-refractivity contribution in [1.29, 1.82) is 0 Å². The number of Topliss-reactive ketones (excluding diaryl/α,β-unsaturated/α-hetero) is 1. The lowest BCUT2D eigenvalue weighted by molar-refractivity contribution is 0.0949. The third-order valence-electron chi connectivity index (χ3n) is 1.81. The van der Waals surface area contributed by atoms with E-state index in [-0.39, 0.29) is 11.8 Å². The summed E-state index contributed by atoms with van der Waals surface area (Å²) in [4.78, 5) is 15.4. The number of methoxy groups -OCH3 is 1. The van der Waals surface area contributed by atoms with Crippen LogP contribution in [0.2, 0.25) is 0 Å². The van der Waals surface area contributed by atoms with Crippen LogP contribution in [0.4, 0.5) is 0 Å². The second-order valence-corrected chi connectivity index (χ2v) is 3.08. The van der Waals surface area contributed by atoms with Crippen LogP contribution in [-0.4, -0.2) is 30.5 Å². The van der Waals surface area contributed by atoms with Gasteiger partial charge in [-0.3, -0.25) is 9.78 Å². The van der Waals surface area contributed by atoms with Crippen molar-refractivity contribution in [3.63, 3.8) is 0 Å². The number of carbonyl (C=O) groups is 1. The third kappa shape index (κ3) is 3.24. The predicted octanol–water partition coefficient (Wildman–Crippen LogP) is 0.628. The molecule has 1 heterocycles. The van der Waals surface area contributed by atoms with Gasteiger partial charge in [0, 0.05) is 37.5 Å². The summed E-state index contributed by atoms with van der Waals surface area (Å²) in [7, 11) is 1.56. The maximum Gasteiger partial charge on any atom is 0.166 e. The van der Waals surface area contributed by atoms with Crippen molar-refractivity contribution < 1.29 is 9.53 Å². The lowest BCUT2D eigenvalue weighted by Gasteiger charge is -2.08. The summed E-state index contributed by atoms with van der Waals surface area (Å²) in [6, 6.07) is 3.22. The molecule has 1 atom stereocenters. The van der Waals surface area contributed by atoms with E-state index in [1.54, 1.807) is 31.6 Å². The number of hydrogen-bond donors (Lipinski definition) is 1. The van der Waals surface area contributed by atoms with Crippen molar-refractivity contribution in [1.82, 2.24) is 4.98 Å². The van der Waals surface area contributed by atoms with Gasteiger partial charge in [0.2, 0.25) is 0 Å². The van der Waals surface area contributed by atoms with Gasteiger partial charge in [-0.15, -0.1) is 0 Å². The normalized spacial score (nSPS) is 12.4. The number of ether oxygens (including phenoxy) is 1. The molecular formula is C10H14N2O2. The summed E-state index contributed by atoms with van der Waals surface area (Å²) in [6.45, 7) is 0.395. The Balaban J connectivity index is 2.51. The van der Waals surface area contributed by atoms with Crippen molar-refractivity contribution in [2.75, 3.05) is 13.7 Å². The molecule has 0 aliphatic rings. The zero-order valence-corrected chi connectivity index (χ0v) is 8.14. The molecule has 0 radical (unpaired) electrons. The molecule has 4 heteroatoms. The van der Waals surface area contributed by atoms with E-state index >= 15 is 0 Å². The van der Waals surface area contributed by atoms with E-state index in [2.05, 4.69) is 4.98 Å². The fourth-order valence-electron chi connectivity index (χ4n) is 1.16. The molecule has 0 saturated carbocycles. The van der Waals surface area contributed by atoms with Gasteiger partial charge in [-0.1, -0.05) is 0 Å². The molecule has 14 heavy (non-hydrogen) atoms. The monoisotopic (exact) mass is 194 g/mol. The SMILES string of the molecule is COCC(N)CC(=O)c1cccnc1. The molecule has 1 aromatic heterocycles. The highest BCUT2D eigenvalue weighted by molar-refractivity contribution is 5.96. The Morgan fingerprint density at radius 3 is 3.07 bits per heavy atom. The smallest absolute Gasteiger partial charge is 0.166 e. The lowest BCUT2D eigenvalue weighted by Crippen LogP contribution is -2.28. The number of nitrogens with zero attached hydrogens (tertiary/aromatic N) is 1. The van der Waals surface area contributed by atoms with Gasteiger partial charge in [-0.05, 0) is 12.1 Å². The zero-order chi connectivity index (χ0) is 10.4. The summed E-state index contributed by atoms with van der Waals surface area (Å²) in [6.07, 6.45) is 3.47. The van der Waals surface area contributed by atoms with Crippen LogP contribution >= 0.6 is 0 Å². The van der Waals surface area contributed by atoms with Gasteiger partial charge < -0.3 is 10.5 Å². The van der Waals surface area contributed by atoms with E-state index in [4.69, 9.17) is 10.5 Å². The molecule has 0 aliphatic carbocycles. The average molecular weight is 194 g/mol. The molecule has 1 unspecified atom stereocenters. The number of pyridine rings is 1. The van der Waals surface area contributed by atoms with Crippen molar-refractivity contribution in [2.45, 2.75) is 12.5 Å². The summed E-state index contributed by atoms with van der Waals surface area (Å²) in [5.41, 5.74) is 6.25.